The number of methoxy groups -OCH3 is 2. The number of carbonyl (C=O) groups is 2. The van der Waals surface area contributed by atoms with Crippen LogP contribution in [0.15, 0.2) is 97.1 Å². The molecule has 0 saturated carbocycles. The van der Waals surface area contributed by atoms with Crippen molar-refractivity contribution < 1.29 is 37.3 Å². The molecule has 8 nitrogen and oxygen atoms in total. The van der Waals surface area contributed by atoms with E-state index >= 15 is 0 Å². The number of hydrogen-bond acceptors (Lipinski definition) is 6. The van der Waals surface area contributed by atoms with Gasteiger partial charge in [-0.1, -0.05) is 60.7 Å². The van der Waals surface area contributed by atoms with Gasteiger partial charge in [0.1, 0.15) is 47.7 Å². The Balaban J connectivity index is 0.000000175. The number of H-pyrrole nitrogens is 2. The van der Waals surface area contributed by atoms with Gasteiger partial charge in [0.15, 0.2) is 0 Å². The smallest absolute Gasteiger partial charge is 0.354 e. The van der Waals surface area contributed by atoms with Gasteiger partial charge < -0.3 is 28.9 Å². The van der Waals surface area contributed by atoms with Gasteiger partial charge in [-0.2, -0.15) is 0 Å². The fraction of sp³-hybridized carbons (Fsp3) is 0.118. The van der Waals surface area contributed by atoms with Crippen LogP contribution in [0.2, 0.25) is 0 Å². The molecule has 6 rings (SSSR count). The fourth-order valence-electron chi connectivity index (χ4n) is 4.49. The predicted octanol–water partition coefficient (Wildman–Crippen LogP) is 7.35. The van der Waals surface area contributed by atoms with Crippen LogP contribution in [0.3, 0.4) is 0 Å². The van der Waals surface area contributed by atoms with E-state index in [0.29, 0.717) is 46.5 Å². The number of hydrogen-bond donors (Lipinski definition) is 2. The first kappa shape index (κ1) is 29.8. The van der Waals surface area contributed by atoms with E-state index in [-0.39, 0.29) is 11.4 Å². The standard InChI is InChI=1S/2C17H14FNO3/c2*1-21-17(20)15-9-13-14(19-15)7-12(18)8-16(13)22-10-11-5-3-2-4-6-11/h2*2-9,19H,10H2,1H3. The normalized spacial score (nSPS) is 10.6. The van der Waals surface area contributed by atoms with E-state index in [4.69, 9.17) is 9.47 Å². The van der Waals surface area contributed by atoms with Crippen molar-refractivity contribution in [1.82, 2.24) is 9.97 Å². The molecule has 0 aliphatic carbocycles. The lowest BCUT2D eigenvalue weighted by Crippen LogP contribution is -2.00. The number of carbonyl (C=O) groups excluding carboxylic acids is 2. The van der Waals surface area contributed by atoms with Gasteiger partial charge in [0.25, 0.3) is 0 Å². The summed E-state index contributed by atoms with van der Waals surface area (Å²) in [7, 11) is 2.59. The van der Waals surface area contributed by atoms with Crippen LogP contribution in [0.5, 0.6) is 11.5 Å². The molecule has 0 bridgehead atoms. The summed E-state index contributed by atoms with van der Waals surface area (Å²) in [6.45, 7) is 0.635. The van der Waals surface area contributed by atoms with E-state index < -0.39 is 23.6 Å². The monoisotopic (exact) mass is 598 g/mol. The Hall–Kier alpha value is -5.64. The SMILES string of the molecule is COC(=O)c1cc2c(OCc3ccccc3)cc(F)cc2[nH]1.COC(=O)c1cc2c(OCc3ccccc3)cc(F)cc2[nH]1. The van der Waals surface area contributed by atoms with Crippen molar-refractivity contribution in [2.24, 2.45) is 0 Å². The van der Waals surface area contributed by atoms with Gasteiger partial charge in [-0.25, -0.2) is 18.4 Å². The van der Waals surface area contributed by atoms with Crippen LogP contribution in [0.4, 0.5) is 8.78 Å². The lowest BCUT2D eigenvalue weighted by molar-refractivity contribution is 0.0586. The van der Waals surface area contributed by atoms with Crippen LogP contribution in [0.1, 0.15) is 32.1 Å². The summed E-state index contributed by atoms with van der Waals surface area (Å²) in [5, 5.41) is 1.27. The molecule has 0 unspecified atom stereocenters. The second-order valence-corrected chi connectivity index (χ2v) is 9.63. The summed E-state index contributed by atoms with van der Waals surface area (Å²) in [4.78, 5) is 28.8. The summed E-state index contributed by atoms with van der Waals surface area (Å²) in [5.41, 5.74) is 3.44. The van der Waals surface area contributed by atoms with E-state index in [1.807, 2.05) is 60.7 Å². The third-order valence-corrected chi connectivity index (χ3v) is 6.61. The molecule has 0 aliphatic heterocycles. The average Bonchev–Trinajstić information content (AvgIpc) is 3.68. The third kappa shape index (κ3) is 7.04. The number of rotatable bonds is 8. The first-order valence-corrected chi connectivity index (χ1v) is 13.5. The highest BCUT2D eigenvalue weighted by Crippen LogP contribution is 2.30. The number of aromatic nitrogens is 2. The summed E-state index contributed by atoms with van der Waals surface area (Å²) in [6.07, 6.45) is 0. The molecule has 0 spiro atoms. The summed E-state index contributed by atoms with van der Waals surface area (Å²) in [6, 6.07) is 27.6. The van der Waals surface area contributed by atoms with Crippen molar-refractivity contribution in [3.63, 3.8) is 0 Å². The second-order valence-electron chi connectivity index (χ2n) is 9.63. The number of benzene rings is 4. The lowest BCUT2D eigenvalue weighted by atomic mass is 10.2. The Morgan fingerprint density at radius 2 is 0.977 bits per heavy atom. The molecule has 0 fully saturated rings. The lowest BCUT2D eigenvalue weighted by Gasteiger charge is -2.07. The molecule has 2 aromatic heterocycles. The minimum absolute atomic E-state index is 0.257. The Bertz CT molecular complexity index is 1760. The molecule has 44 heavy (non-hydrogen) atoms. The molecule has 224 valence electrons. The zero-order chi connectivity index (χ0) is 31.1. The van der Waals surface area contributed by atoms with Gasteiger partial charge in [0.2, 0.25) is 0 Å². The van der Waals surface area contributed by atoms with Crippen molar-refractivity contribution >= 4 is 33.7 Å². The predicted molar refractivity (Wildman–Crippen MR) is 161 cm³/mol. The largest absolute Gasteiger partial charge is 0.488 e. The molecule has 2 heterocycles. The van der Waals surface area contributed by atoms with Crippen LogP contribution in [0.25, 0.3) is 21.8 Å². The molecule has 6 aromatic rings. The maximum absolute atomic E-state index is 13.7. The maximum Gasteiger partial charge on any atom is 0.354 e. The molecule has 2 N–H and O–H groups in total. The fourth-order valence-corrected chi connectivity index (χ4v) is 4.49. The van der Waals surface area contributed by atoms with Crippen molar-refractivity contribution in [2.45, 2.75) is 13.2 Å². The molecule has 0 saturated heterocycles. The van der Waals surface area contributed by atoms with Crippen molar-refractivity contribution in [3.8, 4) is 11.5 Å². The minimum atomic E-state index is -0.509. The summed E-state index contributed by atoms with van der Waals surface area (Å²) < 4.78 is 48.1. The highest BCUT2D eigenvalue weighted by molar-refractivity contribution is 5.98. The van der Waals surface area contributed by atoms with E-state index in [2.05, 4.69) is 19.4 Å². The first-order chi connectivity index (χ1) is 21.3. The summed E-state index contributed by atoms with van der Waals surface area (Å²) in [5.74, 6) is -1.13. The molecule has 0 aliphatic rings. The number of esters is 2. The van der Waals surface area contributed by atoms with Crippen LogP contribution in [0, 0.1) is 11.6 Å². The van der Waals surface area contributed by atoms with Crippen LogP contribution in [-0.2, 0) is 22.7 Å². The van der Waals surface area contributed by atoms with Crippen molar-refractivity contribution in [2.75, 3.05) is 14.2 Å². The maximum atomic E-state index is 13.7. The van der Waals surface area contributed by atoms with Gasteiger partial charge >= 0.3 is 11.9 Å². The van der Waals surface area contributed by atoms with E-state index in [0.717, 1.165) is 11.1 Å². The summed E-state index contributed by atoms with van der Waals surface area (Å²) >= 11 is 0. The van der Waals surface area contributed by atoms with Gasteiger partial charge in [-0.15, -0.1) is 0 Å². The number of ether oxygens (including phenoxy) is 4. The zero-order valence-corrected chi connectivity index (χ0v) is 23.9. The van der Waals surface area contributed by atoms with E-state index in [1.54, 1.807) is 12.1 Å². The molecule has 4 aromatic carbocycles. The second kappa shape index (κ2) is 13.6. The highest BCUT2D eigenvalue weighted by Gasteiger charge is 2.15. The highest BCUT2D eigenvalue weighted by atomic mass is 19.1. The Morgan fingerprint density at radius 3 is 1.34 bits per heavy atom. The molecule has 0 amide bonds. The average molecular weight is 599 g/mol. The Morgan fingerprint density at radius 1 is 0.591 bits per heavy atom. The first-order valence-electron chi connectivity index (χ1n) is 13.5. The van der Waals surface area contributed by atoms with Crippen LogP contribution < -0.4 is 9.47 Å². The number of halogens is 2. The number of fused-ring (bicyclic) bond motifs is 2. The quantitative estimate of drug-likeness (QED) is 0.178. The Labute approximate surface area is 251 Å². The molecular weight excluding hydrogens is 570 g/mol. The van der Waals surface area contributed by atoms with Crippen LogP contribution in [-0.4, -0.2) is 36.1 Å². The van der Waals surface area contributed by atoms with Gasteiger partial charge in [-0.05, 0) is 35.4 Å². The van der Waals surface area contributed by atoms with Crippen LogP contribution >= 0.6 is 0 Å². The van der Waals surface area contributed by atoms with Gasteiger partial charge in [-0.3, -0.25) is 0 Å². The number of aromatic amines is 2. The molecule has 0 radical (unpaired) electrons. The topological polar surface area (TPSA) is 103 Å². The van der Waals surface area contributed by atoms with Gasteiger partial charge in [0, 0.05) is 22.9 Å². The molecular formula is C34H28F2N2O6. The zero-order valence-electron chi connectivity index (χ0n) is 23.9. The molecule has 10 heteroatoms. The van der Waals surface area contributed by atoms with Crippen molar-refractivity contribution in [1.29, 1.82) is 0 Å². The van der Waals surface area contributed by atoms with Gasteiger partial charge in [0.05, 0.1) is 25.3 Å². The minimum Gasteiger partial charge on any atom is -0.488 e. The number of nitrogens with one attached hydrogen (secondary N) is 2. The van der Waals surface area contributed by atoms with E-state index in [9.17, 15) is 18.4 Å². The molecule has 0 atom stereocenters. The Kier molecular flexibility index (Phi) is 9.19. The third-order valence-electron chi connectivity index (χ3n) is 6.61. The van der Waals surface area contributed by atoms with E-state index in [1.165, 1.54) is 38.5 Å². The van der Waals surface area contributed by atoms with Crippen molar-refractivity contribution in [3.05, 3.63) is 131 Å².